The number of amides is 1. The fourth-order valence-electron chi connectivity index (χ4n) is 3.58. The Labute approximate surface area is 164 Å². The molecule has 1 atom stereocenters. The molecule has 26 heavy (non-hydrogen) atoms. The lowest BCUT2D eigenvalue weighted by molar-refractivity contribution is -0.118. The summed E-state index contributed by atoms with van der Waals surface area (Å²) >= 11 is 12.7. The van der Waals surface area contributed by atoms with Crippen LogP contribution >= 0.6 is 23.2 Å². The molecule has 6 heteroatoms. The molecule has 1 amide bonds. The largest absolute Gasteiger partial charge is 0.323 e. The zero-order valence-corrected chi connectivity index (χ0v) is 16.3. The highest BCUT2D eigenvalue weighted by atomic mass is 35.5. The van der Waals surface area contributed by atoms with E-state index in [1.54, 1.807) is 24.4 Å². The van der Waals surface area contributed by atoms with E-state index in [9.17, 15) is 4.79 Å². The van der Waals surface area contributed by atoms with Crippen LogP contribution in [-0.2, 0) is 4.79 Å². The number of carbonyl (C=O) groups excluding carboxylic acids is 1. The van der Waals surface area contributed by atoms with Crippen molar-refractivity contribution in [1.82, 2.24) is 4.98 Å². The molecule has 1 unspecified atom stereocenters. The van der Waals surface area contributed by atoms with Crippen LogP contribution in [0, 0.1) is 12.8 Å². The normalized spacial score (nSPS) is 16.3. The summed E-state index contributed by atoms with van der Waals surface area (Å²) in [7, 11) is 0. The van der Waals surface area contributed by atoms with Crippen LogP contribution < -0.4 is 11.1 Å². The minimum absolute atomic E-state index is 0.179. The number of aromatic nitrogens is 1. The molecule has 138 valence electrons. The molecule has 1 heterocycles. The monoisotopic (exact) mass is 391 g/mol. The topological polar surface area (TPSA) is 68.0 Å². The summed E-state index contributed by atoms with van der Waals surface area (Å²) in [5, 5.41) is 3.94. The second kappa shape index (κ2) is 8.38. The summed E-state index contributed by atoms with van der Waals surface area (Å²) < 4.78 is 0. The Morgan fingerprint density at radius 2 is 1.92 bits per heavy atom. The van der Waals surface area contributed by atoms with Gasteiger partial charge >= 0.3 is 0 Å². The Kier molecular flexibility index (Phi) is 6.17. The van der Waals surface area contributed by atoms with Crippen molar-refractivity contribution in [1.29, 1.82) is 0 Å². The maximum atomic E-state index is 12.5. The molecule has 3 N–H and O–H groups in total. The second-order valence-electron chi connectivity index (χ2n) is 6.86. The predicted octanol–water partition coefficient (Wildman–Crippen LogP) is 5.21. The van der Waals surface area contributed by atoms with Gasteiger partial charge in [-0.15, -0.1) is 0 Å². The van der Waals surface area contributed by atoms with Gasteiger partial charge in [-0.2, -0.15) is 0 Å². The molecule has 1 aliphatic carbocycles. The van der Waals surface area contributed by atoms with E-state index in [0.29, 0.717) is 15.7 Å². The molecule has 1 fully saturated rings. The van der Waals surface area contributed by atoms with E-state index in [0.717, 1.165) is 42.5 Å². The molecular formula is C20H23Cl2N3O. The first-order chi connectivity index (χ1) is 12.5. The van der Waals surface area contributed by atoms with E-state index in [2.05, 4.69) is 10.3 Å². The fourth-order valence-corrected chi connectivity index (χ4v) is 4.11. The third kappa shape index (κ3) is 4.20. The van der Waals surface area contributed by atoms with Crippen LogP contribution in [0.4, 0.5) is 5.69 Å². The number of aryl methyl sites for hydroxylation is 1. The lowest BCUT2D eigenvalue weighted by Crippen LogP contribution is -2.42. The number of nitrogens with two attached hydrogens (primary N) is 1. The number of pyridine rings is 1. The highest BCUT2D eigenvalue weighted by Crippen LogP contribution is 2.34. The molecule has 2 aromatic rings. The summed E-state index contributed by atoms with van der Waals surface area (Å²) in [4.78, 5) is 16.8. The summed E-state index contributed by atoms with van der Waals surface area (Å²) in [5.41, 5.74) is 9.25. The van der Waals surface area contributed by atoms with Crippen molar-refractivity contribution in [2.24, 2.45) is 11.7 Å². The van der Waals surface area contributed by atoms with E-state index < -0.39 is 6.04 Å². The van der Waals surface area contributed by atoms with E-state index in [1.807, 2.05) is 13.0 Å². The Morgan fingerprint density at radius 1 is 1.19 bits per heavy atom. The minimum Gasteiger partial charge on any atom is -0.323 e. The lowest BCUT2D eigenvalue weighted by atomic mass is 9.84. The average molecular weight is 392 g/mol. The van der Waals surface area contributed by atoms with Gasteiger partial charge in [0, 0.05) is 17.5 Å². The molecule has 0 radical (unpaired) electrons. The van der Waals surface area contributed by atoms with E-state index in [4.69, 9.17) is 28.9 Å². The Balaban J connectivity index is 1.76. The van der Waals surface area contributed by atoms with Crippen LogP contribution in [-0.4, -0.2) is 16.9 Å². The van der Waals surface area contributed by atoms with E-state index in [1.165, 1.54) is 6.42 Å². The van der Waals surface area contributed by atoms with Gasteiger partial charge in [0.15, 0.2) is 0 Å². The molecule has 3 rings (SSSR count). The molecule has 1 aromatic carbocycles. The first-order valence-electron chi connectivity index (χ1n) is 8.95. The summed E-state index contributed by atoms with van der Waals surface area (Å²) in [6.45, 7) is 1.90. The Bertz CT molecular complexity index is 783. The third-order valence-electron chi connectivity index (χ3n) is 5.07. The second-order valence-corrected chi connectivity index (χ2v) is 7.68. The van der Waals surface area contributed by atoms with Crippen molar-refractivity contribution in [3.63, 3.8) is 0 Å². The van der Waals surface area contributed by atoms with Crippen molar-refractivity contribution >= 4 is 34.8 Å². The van der Waals surface area contributed by atoms with Crippen molar-refractivity contribution in [3.05, 3.63) is 46.2 Å². The van der Waals surface area contributed by atoms with E-state index in [-0.39, 0.29) is 11.8 Å². The van der Waals surface area contributed by atoms with Gasteiger partial charge in [-0.1, -0.05) is 48.5 Å². The molecular weight excluding hydrogens is 369 g/mol. The first-order valence-corrected chi connectivity index (χ1v) is 9.70. The Hall–Kier alpha value is -1.62. The van der Waals surface area contributed by atoms with E-state index >= 15 is 0 Å². The van der Waals surface area contributed by atoms with Gasteiger partial charge in [-0.05, 0) is 49.4 Å². The van der Waals surface area contributed by atoms with Crippen molar-refractivity contribution in [2.75, 3.05) is 5.32 Å². The van der Waals surface area contributed by atoms with Gasteiger partial charge in [0.2, 0.25) is 5.91 Å². The number of hydrogen-bond acceptors (Lipinski definition) is 3. The number of benzene rings is 1. The van der Waals surface area contributed by atoms with Crippen LogP contribution in [0.1, 0.15) is 37.8 Å². The van der Waals surface area contributed by atoms with Gasteiger partial charge in [-0.25, -0.2) is 0 Å². The molecule has 1 saturated carbocycles. The lowest BCUT2D eigenvalue weighted by Gasteiger charge is -2.26. The number of hydrogen-bond donors (Lipinski definition) is 2. The van der Waals surface area contributed by atoms with Gasteiger partial charge in [-0.3, -0.25) is 9.78 Å². The highest BCUT2D eigenvalue weighted by molar-refractivity contribution is 6.35. The van der Waals surface area contributed by atoms with Crippen LogP contribution in [0.25, 0.3) is 11.1 Å². The fraction of sp³-hybridized carbons (Fsp3) is 0.400. The van der Waals surface area contributed by atoms with Crippen LogP contribution in [0.3, 0.4) is 0 Å². The number of anilines is 1. The molecule has 0 spiro atoms. The maximum absolute atomic E-state index is 12.5. The summed E-state index contributed by atoms with van der Waals surface area (Å²) in [6.07, 6.45) is 7.22. The SMILES string of the molecule is Cc1nccc(Cl)c1-c1ccc(NC(=O)C(N)C2CCCCC2)c(Cl)c1. The minimum atomic E-state index is -0.499. The molecule has 4 nitrogen and oxygen atoms in total. The van der Waals surface area contributed by atoms with Gasteiger partial charge < -0.3 is 11.1 Å². The van der Waals surface area contributed by atoms with Crippen LogP contribution in [0.5, 0.6) is 0 Å². The van der Waals surface area contributed by atoms with Crippen molar-refractivity contribution in [3.8, 4) is 11.1 Å². The van der Waals surface area contributed by atoms with Crippen molar-refractivity contribution in [2.45, 2.75) is 45.1 Å². The average Bonchev–Trinajstić information content (AvgIpc) is 2.63. The van der Waals surface area contributed by atoms with Crippen molar-refractivity contribution < 1.29 is 4.79 Å². The number of halogens is 2. The highest BCUT2D eigenvalue weighted by Gasteiger charge is 2.26. The molecule has 0 bridgehead atoms. The number of carbonyl (C=O) groups is 1. The molecule has 0 aliphatic heterocycles. The van der Waals surface area contributed by atoms with Crippen LogP contribution in [0.15, 0.2) is 30.5 Å². The summed E-state index contributed by atoms with van der Waals surface area (Å²) in [5.74, 6) is 0.0702. The first kappa shape index (κ1) is 19.2. The summed E-state index contributed by atoms with van der Waals surface area (Å²) in [6, 6.07) is 6.70. The number of nitrogens with one attached hydrogen (secondary N) is 1. The smallest absolute Gasteiger partial charge is 0.241 e. The standard InChI is InChI=1S/C20H23Cl2N3O/c1-12-18(15(21)9-10-24-12)14-7-8-17(16(22)11-14)25-20(26)19(23)13-5-3-2-4-6-13/h7-11,13,19H,2-6,23H2,1H3,(H,25,26). The predicted molar refractivity (Wildman–Crippen MR) is 108 cm³/mol. The molecule has 1 aromatic heterocycles. The maximum Gasteiger partial charge on any atom is 0.241 e. The number of nitrogens with zero attached hydrogens (tertiary/aromatic N) is 1. The zero-order chi connectivity index (χ0) is 18.7. The zero-order valence-electron chi connectivity index (χ0n) is 14.8. The number of rotatable bonds is 4. The third-order valence-corrected chi connectivity index (χ3v) is 5.69. The molecule has 0 saturated heterocycles. The van der Waals surface area contributed by atoms with Gasteiger partial charge in [0.05, 0.1) is 21.8 Å². The van der Waals surface area contributed by atoms with Gasteiger partial charge in [0.1, 0.15) is 0 Å². The van der Waals surface area contributed by atoms with Crippen LogP contribution in [0.2, 0.25) is 10.0 Å². The molecule has 1 aliphatic rings. The van der Waals surface area contributed by atoms with Gasteiger partial charge in [0.25, 0.3) is 0 Å². The Morgan fingerprint density at radius 3 is 2.58 bits per heavy atom. The quantitative estimate of drug-likeness (QED) is 0.751.